The summed E-state index contributed by atoms with van der Waals surface area (Å²) in [7, 11) is 1.76. The van der Waals surface area contributed by atoms with Crippen LogP contribution in [0.5, 0.6) is 0 Å². The van der Waals surface area contributed by atoms with E-state index in [4.69, 9.17) is 5.73 Å². The number of urea groups is 1. The van der Waals surface area contributed by atoms with E-state index in [0.29, 0.717) is 6.54 Å². The summed E-state index contributed by atoms with van der Waals surface area (Å²) in [5.74, 6) is -0.0453. The zero-order valence-corrected chi connectivity index (χ0v) is 15.3. The SMILES string of the molecule is CSc1ccc(CN(C)C(=O)CC(NC(N)=O)c2cccs2)cc1. The molecule has 3 N–H and O–H groups in total. The summed E-state index contributed by atoms with van der Waals surface area (Å²) in [6.45, 7) is 0.529. The largest absolute Gasteiger partial charge is 0.352 e. The van der Waals surface area contributed by atoms with Crippen molar-refractivity contribution in [2.24, 2.45) is 5.73 Å². The van der Waals surface area contributed by atoms with Crippen molar-refractivity contribution >= 4 is 35.0 Å². The molecule has 1 unspecified atom stereocenters. The molecule has 128 valence electrons. The van der Waals surface area contributed by atoms with Gasteiger partial charge in [0.05, 0.1) is 12.5 Å². The van der Waals surface area contributed by atoms with Crippen LogP contribution < -0.4 is 11.1 Å². The Morgan fingerprint density at radius 1 is 1.29 bits per heavy atom. The zero-order valence-electron chi connectivity index (χ0n) is 13.7. The highest BCUT2D eigenvalue weighted by molar-refractivity contribution is 7.98. The van der Waals surface area contributed by atoms with Crippen molar-refractivity contribution in [2.75, 3.05) is 13.3 Å². The van der Waals surface area contributed by atoms with Crippen LogP contribution >= 0.6 is 23.1 Å². The summed E-state index contributed by atoms with van der Waals surface area (Å²) >= 11 is 3.18. The smallest absolute Gasteiger partial charge is 0.312 e. The van der Waals surface area contributed by atoms with Gasteiger partial charge in [-0.15, -0.1) is 23.1 Å². The molecule has 0 saturated carbocycles. The number of primary amides is 1. The molecule has 0 aliphatic rings. The number of amides is 3. The molecule has 24 heavy (non-hydrogen) atoms. The summed E-state index contributed by atoms with van der Waals surface area (Å²) < 4.78 is 0. The van der Waals surface area contributed by atoms with Gasteiger partial charge in [0.1, 0.15) is 0 Å². The molecule has 1 heterocycles. The van der Waals surface area contributed by atoms with Crippen LogP contribution in [0.15, 0.2) is 46.7 Å². The summed E-state index contributed by atoms with van der Waals surface area (Å²) in [6, 6.07) is 10.9. The number of thiophene rings is 1. The fraction of sp³-hybridized carbons (Fsp3) is 0.294. The number of nitrogens with one attached hydrogen (secondary N) is 1. The maximum Gasteiger partial charge on any atom is 0.312 e. The quantitative estimate of drug-likeness (QED) is 0.742. The van der Waals surface area contributed by atoms with E-state index in [9.17, 15) is 9.59 Å². The van der Waals surface area contributed by atoms with Gasteiger partial charge in [0.25, 0.3) is 0 Å². The van der Waals surface area contributed by atoms with Gasteiger partial charge in [-0.2, -0.15) is 0 Å². The highest BCUT2D eigenvalue weighted by Gasteiger charge is 2.20. The number of benzene rings is 1. The maximum atomic E-state index is 12.5. The standard InChI is InChI=1S/C17H21N3O2S2/c1-20(11-12-5-7-13(23-2)8-6-12)16(21)10-14(19-17(18)22)15-4-3-9-24-15/h3-9,14H,10-11H2,1-2H3,(H3,18,19,22). The van der Waals surface area contributed by atoms with E-state index < -0.39 is 12.1 Å². The Morgan fingerprint density at radius 2 is 2.00 bits per heavy atom. The number of hydrogen-bond acceptors (Lipinski definition) is 4. The van der Waals surface area contributed by atoms with E-state index >= 15 is 0 Å². The van der Waals surface area contributed by atoms with E-state index in [2.05, 4.69) is 5.32 Å². The molecule has 1 aromatic carbocycles. The van der Waals surface area contributed by atoms with Gasteiger partial charge in [0, 0.05) is 23.4 Å². The molecule has 1 aromatic heterocycles. The number of thioether (sulfide) groups is 1. The summed E-state index contributed by atoms with van der Waals surface area (Å²) in [6.07, 6.45) is 2.21. The van der Waals surface area contributed by atoms with Crippen LogP contribution in [-0.4, -0.2) is 30.1 Å². The van der Waals surface area contributed by atoms with E-state index in [1.165, 1.54) is 16.2 Å². The number of rotatable bonds is 7. The van der Waals surface area contributed by atoms with Crippen LogP contribution in [0.3, 0.4) is 0 Å². The van der Waals surface area contributed by atoms with Gasteiger partial charge in [0.2, 0.25) is 5.91 Å². The van der Waals surface area contributed by atoms with Gasteiger partial charge < -0.3 is 16.0 Å². The van der Waals surface area contributed by atoms with Crippen molar-refractivity contribution in [1.82, 2.24) is 10.2 Å². The molecule has 7 heteroatoms. The fourth-order valence-corrected chi connectivity index (χ4v) is 3.49. The van der Waals surface area contributed by atoms with Crippen LogP contribution in [0.2, 0.25) is 0 Å². The molecular formula is C17H21N3O2S2. The Bertz CT molecular complexity index is 672. The van der Waals surface area contributed by atoms with E-state index in [-0.39, 0.29) is 12.3 Å². The Labute approximate surface area is 150 Å². The minimum Gasteiger partial charge on any atom is -0.352 e. The van der Waals surface area contributed by atoms with Crippen LogP contribution in [0.4, 0.5) is 4.79 Å². The summed E-state index contributed by atoms with van der Waals surface area (Å²) in [4.78, 5) is 27.5. The first-order valence-electron chi connectivity index (χ1n) is 7.46. The number of hydrogen-bond donors (Lipinski definition) is 2. The molecule has 0 fully saturated rings. The summed E-state index contributed by atoms with van der Waals surface area (Å²) in [5.41, 5.74) is 6.30. The lowest BCUT2D eigenvalue weighted by Crippen LogP contribution is -2.36. The fourth-order valence-electron chi connectivity index (χ4n) is 2.31. The van der Waals surface area contributed by atoms with Gasteiger partial charge in [-0.05, 0) is 35.4 Å². The first-order valence-corrected chi connectivity index (χ1v) is 9.56. The maximum absolute atomic E-state index is 12.5. The second-order valence-corrected chi connectivity index (χ2v) is 7.24. The molecule has 0 bridgehead atoms. The normalized spacial score (nSPS) is 11.8. The molecule has 0 radical (unpaired) electrons. The Kier molecular flexibility index (Phi) is 6.69. The topological polar surface area (TPSA) is 75.4 Å². The third-order valence-electron chi connectivity index (χ3n) is 3.59. The Balaban J connectivity index is 1.98. The second-order valence-electron chi connectivity index (χ2n) is 5.38. The van der Waals surface area contributed by atoms with Crippen LogP contribution in [0.1, 0.15) is 22.9 Å². The lowest BCUT2D eigenvalue weighted by molar-refractivity contribution is -0.130. The molecule has 5 nitrogen and oxygen atoms in total. The van der Waals surface area contributed by atoms with Crippen molar-refractivity contribution in [3.63, 3.8) is 0 Å². The van der Waals surface area contributed by atoms with E-state index in [1.807, 2.05) is 48.0 Å². The van der Waals surface area contributed by atoms with Gasteiger partial charge in [-0.25, -0.2) is 4.79 Å². The average Bonchev–Trinajstić information content (AvgIpc) is 3.09. The highest BCUT2D eigenvalue weighted by atomic mass is 32.2. The van der Waals surface area contributed by atoms with Crippen LogP contribution in [0, 0.1) is 0 Å². The van der Waals surface area contributed by atoms with Gasteiger partial charge in [-0.3, -0.25) is 4.79 Å². The molecule has 0 saturated heterocycles. The highest BCUT2D eigenvalue weighted by Crippen LogP contribution is 2.23. The van der Waals surface area contributed by atoms with Crippen molar-refractivity contribution in [3.05, 3.63) is 52.2 Å². The third-order valence-corrected chi connectivity index (χ3v) is 5.32. The Hall–Kier alpha value is -1.99. The van der Waals surface area contributed by atoms with Crippen molar-refractivity contribution in [2.45, 2.75) is 23.9 Å². The molecule has 3 amide bonds. The first-order chi connectivity index (χ1) is 11.5. The second kappa shape index (κ2) is 8.75. The molecule has 2 aromatic rings. The lowest BCUT2D eigenvalue weighted by Gasteiger charge is -2.21. The molecular weight excluding hydrogens is 342 g/mol. The van der Waals surface area contributed by atoms with Crippen molar-refractivity contribution < 1.29 is 9.59 Å². The predicted molar refractivity (Wildman–Crippen MR) is 99.1 cm³/mol. The average molecular weight is 364 g/mol. The van der Waals surface area contributed by atoms with Crippen LogP contribution in [-0.2, 0) is 11.3 Å². The predicted octanol–water partition coefficient (Wildman–Crippen LogP) is 3.23. The van der Waals surface area contributed by atoms with Crippen LogP contribution in [0.25, 0.3) is 0 Å². The van der Waals surface area contributed by atoms with Gasteiger partial charge in [-0.1, -0.05) is 18.2 Å². The van der Waals surface area contributed by atoms with E-state index in [0.717, 1.165) is 10.4 Å². The minimum absolute atomic E-state index is 0.0453. The third kappa shape index (κ3) is 5.28. The number of carbonyl (C=O) groups is 2. The molecule has 0 aliphatic carbocycles. The number of nitrogens with two attached hydrogens (primary N) is 1. The number of carbonyl (C=O) groups excluding carboxylic acids is 2. The first kappa shape index (κ1) is 18.4. The zero-order chi connectivity index (χ0) is 17.5. The molecule has 2 rings (SSSR count). The van der Waals surface area contributed by atoms with Crippen molar-refractivity contribution in [1.29, 1.82) is 0 Å². The monoisotopic (exact) mass is 363 g/mol. The lowest BCUT2D eigenvalue weighted by atomic mass is 10.1. The molecule has 0 spiro atoms. The van der Waals surface area contributed by atoms with Gasteiger partial charge in [0.15, 0.2) is 0 Å². The summed E-state index contributed by atoms with van der Waals surface area (Å²) in [5, 5.41) is 4.56. The molecule has 1 atom stereocenters. The van der Waals surface area contributed by atoms with Gasteiger partial charge >= 0.3 is 6.03 Å². The minimum atomic E-state index is -0.628. The van der Waals surface area contributed by atoms with E-state index in [1.54, 1.807) is 23.7 Å². The van der Waals surface area contributed by atoms with Crippen molar-refractivity contribution in [3.8, 4) is 0 Å². The molecule has 0 aliphatic heterocycles. The Morgan fingerprint density at radius 3 is 2.54 bits per heavy atom. The number of nitrogens with zero attached hydrogens (tertiary/aromatic N) is 1.